The zero-order valence-corrected chi connectivity index (χ0v) is 10.4. The van der Waals surface area contributed by atoms with Crippen molar-refractivity contribution in [3.63, 3.8) is 0 Å². The van der Waals surface area contributed by atoms with Gasteiger partial charge in [-0.05, 0) is 44.9 Å². The first kappa shape index (κ1) is 11.7. The molecule has 2 aliphatic rings. The second-order valence-corrected chi connectivity index (χ2v) is 5.47. The molecule has 1 aromatic rings. The van der Waals surface area contributed by atoms with Gasteiger partial charge < -0.3 is 15.5 Å². The first-order valence-corrected chi connectivity index (χ1v) is 6.73. The summed E-state index contributed by atoms with van der Waals surface area (Å²) in [5.41, 5.74) is 6.22. The van der Waals surface area contributed by atoms with E-state index in [-0.39, 0.29) is 17.6 Å². The van der Waals surface area contributed by atoms with E-state index in [1.54, 1.807) is 6.20 Å². The summed E-state index contributed by atoms with van der Waals surface area (Å²) < 4.78 is 5.42. The lowest BCUT2D eigenvalue weighted by Crippen LogP contribution is -2.44. The molecule has 3 rings (SSSR count). The van der Waals surface area contributed by atoms with Gasteiger partial charge in [0.05, 0.1) is 11.7 Å². The zero-order valence-electron chi connectivity index (χ0n) is 10.4. The van der Waals surface area contributed by atoms with E-state index in [2.05, 4.69) is 9.97 Å². The molecule has 2 fully saturated rings. The van der Waals surface area contributed by atoms with Crippen molar-refractivity contribution in [2.45, 2.75) is 56.6 Å². The Hall–Kier alpha value is -1.36. The second kappa shape index (κ2) is 4.39. The van der Waals surface area contributed by atoms with Crippen LogP contribution in [0.3, 0.4) is 0 Å². The monoisotopic (exact) mass is 249 g/mol. The second-order valence-electron chi connectivity index (χ2n) is 5.47. The molecule has 18 heavy (non-hydrogen) atoms. The smallest absolute Gasteiger partial charge is 0.356 e. The summed E-state index contributed by atoms with van der Waals surface area (Å²) in [6.07, 6.45) is 8.87. The number of hydrogen-bond acceptors (Lipinski definition) is 4. The van der Waals surface area contributed by atoms with Gasteiger partial charge in [-0.2, -0.15) is 0 Å². The molecule has 5 heteroatoms. The molecule has 98 valence electrons. The van der Waals surface area contributed by atoms with Crippen LogP contribution in [0.25, 0.3) is 0 Å². The number of carbonyl (C=O) groups is 1. The average Bonchev–Trinajstić information content (AvgIpc) is 2.95. The van der Waals surface area contributed by atoms with Crippen LogP contribution in [0.4, 0.5) is 0 Å². The van der Waals surface area contributed by atoms with Crippen LogP contribution in [0.15, 0.2) is 6.20 Å². The molecule has 3 N–H and O–H groups in total. The van der Waals surface area contributed by atoms with E-state index in [0.717, 1.165) is 44.9 Å². The summed E-state index contributed by atoms with van der Waals surface area (Å²) >= 11 is 0. The standard InChI is InChI=1S/C13H19N3O2/c14-13(6-3-7-13)12-15-8-10(16-12)11(17)18-9-4-1-2-5-9/h8-9H,1-7,14H2,(H,15,16). The predicted octanol–water partition coefficient (Wildman–Crippen LogP) is 1.85. The summed E-state index contributed by atoms with van der Waals surface area (Å²) in [4.78, 5) is 19.2. The van der Waals surface area contributed by atoms with Gasteiger partial charge >= 0.3 is 5.97 Å². The highest BCUT2D eigenvalue weighted by molar-refractivity contribution is 5.87. The summed E-state index contributed by atoms with van der Waals surface area (Å²) in [6.45, 7) is 0. The third kappa shape index (κ3) is 2.03. The van der Waals surface area contributed by atoms with Gasteiger partial charge in [0.25, 0.3) is 0 Å². The minimum absolute atomic E-state index is 0.0831. The summed E-state index contributed by atoms with van der Waals surface area (Å²) in [5.74, 6) is 0.413. The van der Waals surface area contributed by atoms with E-state index < -0.39 is 0 Å². The first-order chi connectivity index (χ1) is 8.67. The van der Waals surface area contributed by atoms with Crippen LogP contribution in [-0.4, -0.2) is 22.0 Å². The number of rotatable bonds is 3. The molecule has 0 spiro atoms. The van der Waals surface area contributed by atoms with Crippen LogP contribution in [0.5, 0.6) is 0 Å². The number of esters is 1. The highest BCUT2D eigenvalue weighted by atomic mass is 16.5. The third-order valence-corrected chi connectivity index (χ3v) is 4.09. The van der Waals surface area contributed by atoms with Crippen molar-refractivity contribution in [2.75, 3.05) is 0 Å². The molecular formula is C13H19N3O2. The highest BCUT2D eigenvalue weighted by Crippen LogP contribution is 2.36. The average molecular weight is 249 g/mol. The maximum Gasteiger partial charge on any atom is 0.356 e. The quantitative estimate of drug-likeness (QED) is 0.801. The molecule has 1 heterocycles. The Morgan fingerprint density at radius 1 is 1.39 bits per heavy atom. The van der Waals surface area contributed by atoms with Gasteiger partial charge in [0.1, 0.15) is 17.6 Å². The number of carbonyl (C=O) groups excluding carboxylic acids is 1. The largest absolute Gasteiger partial charge is 0.458 e. The molecule has 2 aliphatic carbocycles. The van der Waals surface area contributed by atoms with Crippen LogP contribution in [0.2, 0.25) is 0 Å². The Bertz CT molecular complexity index is 445. The van der Waals surface area contributed by atoms with Crippen molar-refractivity contribution in [3.05, 3.63) is 17.7 Å². The van der Waals surface area contributed by atoms with E-state index in [4.69, 9.17) is 10.5 Å². The molecule has 2 saturated carbocycles. The molecule has 0 atom stereocenters. The summed E-state index contributed by atoms with van der Waals surface area (Å²) in [6, 6.07) is 0. The van der Waals surface area contributed by atoms with Crippen LogP contribution in [-0.2, 0) is 10.3 Å². The number of nitrogens with zero attached hydrogens (tertiary/aromatic N) is 1. The molecule has 0 unspecified atom stereocenters. The van der Waals surface area contributed by atoms with Crippen molar-refractivity contribution in [1.29, 1.82) is 0 Å². The minimum Gasteiger partial charge on any atom is -0.458 e. The Morgan fingerprint density at radius 2 is 2.11 bits per heavy atom. The van der Waals surface area contributed by atoms with Gasteiger partial charge in [0.15, 0.2) is 0 Å². The maximum absolute atomic E-state index is 11.9. The number of aromatic amines is 1. The van der Waals surface area contributed by atoms with Crippen LogP contribution < -0.4 is 5.73 Å². The Kier molecular flexibility index (Phi) is 2.86. The number of nitrogens with two attached hydrogens (primary N) is 1. The molecule has 0 aliphatic heterocycles. The SMILES string of the molecule is NC1(c2ncc(C(=O)OC3CCCC3)[nH]2)CCC1. The van der Waals surface area contributed by atoms with Gasteiger partial charge in [-0.25, -0.2) is 9.78 Å². The predicted molar refractivity (Wildman–Crippen MR) is 66.0 cm³/mol. The maximum atomic E-state index is 11.9. The zero-order chi connectivity index (χ0) is 12.6. The Balaban J connectivity index is 1.66. The number of ether oxygens (including phenoxy) is 1. The van der Waals surface area contributed by atoms with E-state index in [9.17, 15) is 4.79 Å². The number of imidazole rings is 1. The summed E-state index contributed by atoms with van der Waals surface area (Å²) in [5, 5.41) is 0. The Labute approximate surface area is 106 Å². The lowest BCUT2D eigenvalue weighted by molar-refractivity contribution is 0.0311. The number of hydrogen-bond donors (Lipinski definition) is 2. The lowest BCUT2D eigenvalue weighted by Gasteiger charge is -2.35. The molecule has 0 aromatic carbocycles. The van der Waals surface area contributed by atoms with Gasteiger partial charge in [-0.1, -0.05) is 0 Å². The fourth-order valence-electron chi connectivity index (χ4n) is 2.69. The van der Waals surface area contributed by atoms with Gasteiger partial charge in [-0.15, -0.1) is 0 Å². The topological polar surface area (TPSA) is 81.0 Å². The minimum atomic E-state index is -0.355. The normalized spacial score (nSPS) is 22.7. The molecular weight excluding hydrogens is 230 g/mol. The fourth-order valence-corrected chi connectivity index (χ4v) is 2.69. The van der Waals surface area contributed by atoms with Gasteiger partial charge in [-0.3, -0.25) is 0 Å². The number of H-pyrrole nitrogens is 1. The number of nitrogens with one attached hydrogen (secondary N) is 1. The molecule has 0 bridgehead atoms. The van der Waals surface area contributed by atoms with Crippen molar-refractivity contribution >= 4 is 5.97 Å². The van der Waals surface area contributed by atoms with Crippen LogP contribution >= 0.6 is 0 Å². The molecule has 1 aromatic heterocycles. The van der Waals surface area contributed by atoms with Gasteiger partial charge in [0, 0.05) is 0 Å². The summed E-state index contributed by atoms with van der Waals surface area (Å²) in [7, 11) is 0. The van der Waals surface area contributed by atoms with Gasteiger partial charge in [0.2, 0.25) is 0 Å². The Morgan fingerprint density at radius 3 is 2.72 bits per heavy atom. The molecule has 5 nitrogen and oxygen atoms in total. The van der Waals surface area contributed by atoms with E-state index in [0.29, 0.717) is 11.5 Å². The highest BCUT2D eigenvalue weighted by Gasteiger charge is 2.37. The molecule has 0 radical (unpaired) electrons. The van der Waals surface area contributed by atoms with Crippen molar-refractivity contribution in [2.24, 2.45) is 5.73 Å². The fraction of sp³-hybridized carbons (Fsp3) is 0.692. The molecule has 0 amide bonds. The van der Waals surface area contributed by atoms with E-state index >= 15 is 0 Å². The third-order valence-electron chi connectivity index (χ3n) is 4.09. The molecule has 0 saturated heterocycles. The van der Waals surface area contributed by atoms with Crippen molar-refractivity contribution < 1.29 is 9.53 Å². The van der Waals surface area contributed by atoms with Crippen molar-refractivity contribution in [3.8, 4) is 0 Å². The van der Waals surface area contributed by atoms with Crippen LogP contribution in [0.1, 0.15) is 61.3 Å². The van der Waals surface area contributed by atoms with E-state index in [1.807, 2.05) is 0 Å². The van der Waals surface area contributed by atoms with Crippen molar-refractivity contribution in [1.82, 2.24) is 9.97 Å². The van der Waals surface area contributed by atoms with Crippen LogP contribution in [0, 0.1) is 0 Å². The van der Waals surface area contributed by atoms with E-state index in [1.165, 1.54) is 0 Å². The number of aromatic nitrogens is 2. The lowest BCUT2D eigenvalue weighted by atomic mass is 9.77. The first-order valence-electron chi connectivity index (χ1n) is 6.73.